The largest absolute Gasteiger partial charge is 0.321 e. The molecule has 0 radical (unpaired) electrons. The van der Waals surface area contributed by atoms with Crippen molar-refractivity contribution in [2.24, 2.45) is 0 Å². The Morgan fingerprint density at radius 1 is 1.00 bits per heavy atom. The van der Waals surface area contributed by atoms with Crippen LogP contribution in [0.15, 0.2) is 48.7 Å². The lowest BCUT2D eigenvalue weighted by molar-refractivity contribution is 0.102. The maximum Gasteiger partial charge on any atom is 0.274 e. The highest BCUT2D eigenvalue weighted by molar-refractivity contribution is 6.02. The van der Waals surface area contributed by atoms with Gasteiger partial charge in [-0.2, -0.15) is 0 Å². The summed E-state index contributed by atoms with van der Waals surface area (Å²) in [5, 5.41) is 2.80. The molecule has 0 spiro atoms. The normalized spacial score (nSPS) is 8.45. The molecule has 0 unspecified atom stereocenters. The van der Waals surface area contributed by atoms with Gasteiger partial charge in [-0.3, -0.25) is 9.78 Å². The molecule has 1 N–H and O–H groups in total. The van der Waals surface area contributed by atoms with Crippen molar-refractivity contribution < 1.29 is 4.79 Å². The zero-order valence-corrected chi connectivity index (χ0v) is 13.0. The van der Waals surface area contributed by atoms with Crippen molar-refractivity contribution in [3.63, 3.8) is 0 Å². The van der Waals surface area contributed by atoms with Crippen molar-refractivity contribution in [1.82, 2.24) is 4.98 Å². The quantitative estimate of drug-likeness (QED) is 0.861. The minimum atomic E-state index is -0.189. The smallest absolute Gasteiger partial charge is 0.274 e. The van der Waals surface area contributed by atoms with E-state index in [9.17, 15) is 4.79 Å². The van der Waals surface area contributed by atoms with E-state index in [0.717, 1.165) is 11.3 Å². The van der Waals surface area contributed by atoms with E-state index in [0.29, 0.717) is 5.69 Å². The molecule has 20 heavy (non-hydrogen) atoms. The first kappa shape index (κ1) is 17.8. The summed E-state index contributed by atoms with van der Waals surface area (Å²) < 4.78 is 0. The molecule has 1 heterocycles. The van der Waals surface area contributed by atoms with Crippen LogP contribution in [0, 0.1) is 6.92 Å². The Morgan fingerprint density at radius 3 is 2.25 bits per heavy atom. The van der Waals surface area contributed by atoms with Crippen molar-refractivity contribution in [3.8, 4) is 0 Å². The third-order valence-corrected chi connectivity index (χ3v) is 2.17. The Hall–Kier alpha value is -2.16. The number of hydrogen-bond donors (Lipinski definition) is 1. The van der Waals surface area contributed by atoms with Crippen molar-refractivity contribution in [1.29, 1.82) is 0 Å². The average molecular weight is 272 g/mol. The molecule has 0 aliphatic heterocycles. The summed E-state index contributed by atoms with van der Waals surface area (Å²) in [7, 11) is 0. The molecule has 0 aliphatic rings. The number of carbonyl (C=O) groups is 1. The fraction of sp³-hybridized carbons (Fsp3) is 0.294. The van der Waals surface area contributed by atoms with Crippen LogP contribution in [0.25, 0.3) is 0 Å². The Bertz CT molecular complexity index is 495. The Kier molecular flexibility index (Phi) is 9.57. The molecule has 0 saturated heterocycles. The number of nitrogens with zero attached hydrogens (tertiary/aromatic N) is 1. The lowest BCUT2D eigenvalue weighted by atomic mass is 10.2. The second-order valence-corrected chi connectivity index (χ2v) is 3.54. The van der Waals surface area contributed by atoms with E-state index >= 15 is 0 Å². The molecule has 0 aliphatic carbocycles. The summed E-state index contributed by atoms with van der Waals surface area (Å²) >= 11 is 0. The number of aryl methyl sites for hydroxylation is 1. The van der Waals surface area contributed by atoms with Gasteiger partial charge in [0.25, 0.3) is 5.91 Å². The molecular formula is C17H24N2O. The Morgan fingerprint density at radius 2 is 1.70 bits per heavy atom. The molecular weight excluding hydrogens is 248 g/mol. The topological polar surface area (TPSA) is 42.0 Å². The maximum absolute atomic E-state index is 11.8. The van der Waals surface area contributed by atoms with Gasteiger partial charge in [-0.25, -0.2) is 0 Å². The first-order chi connectivity index (χ1) is 9.75. The highest BCUT2D eigenvalue weighted by atomic mass is 16.1. The van der Waals surface area contributed by atoms with E-state index in [2.05, 4.69) is 10.3 Å². The minimum absolute atomic E-state index is 0.189. The molecule has 1 amide bonds. The van der Waals surface area contributed by atoms with Crippen LogP contribution in [0.2, 0.25) is 0 Å². The van der Waals surface area contributed by atoms with Crippen LogP contribution in [-0.2, 0) is 0 Å². The zero-order chi connectivity index (χ0) is 15.4. The predicted octanol–water partition coefficient (Wildman–Crippen LogP) is 4.69. The monoisotopic (exact) mass is 272 g/mol. The third kappa shape index (κ3) is 6.14. The maximum atomic E-state index is 11.8. The number of nitrogens with one attached hydrogen (secondary N) is 1. The second kappa shape index (κ2) is 10.7. The summed E-state index contributed by atoms with van der Waals surface area (Å²) in [4.78, 5) is 15.7. The number of hydrogen-bond acceptors (Lipinski definition) is 2. The molecule has 2 aromatic rings. The van der Waals surface area contributed by atoms with Gasteiger partial charge < -0.3 is 5.32 Å². The number of benzene rings is 1. The van der Waals surface area contributed by atoms with Gasteiger partial charge in [-0.05, 0) is 36.8 Å². The van der Waals surface area contributed by atoms with Crippen molar-refractivity contribution >= 4 is 11.6 Å². The van der Waals surface area contributed by atoms with Gasteiger partial charge in [0.2, 0.25) is 0 Å². The van der Waals surface area contributed by atoms with E-state index in [-0.39, 0.29) is 5.91 Å². The molecule has 0 bridgehead atoms. The van der Waals surface area contributed by atoms with Crippen molar-refractivity contribution in [3.05, 3.63) is 59.9 Å². The van der Waals surface area contributed by atoms with Gasteiger partial charge >= 0.3 is 0 Å². The van der Waals surface area contributed by atoms with Crippen LogP contribution >= 0.6 is 0 Å². The number of pyridine rings is 1. The molecule has 2 rings (SSSR count). The summed E-state index contributed by atoms with van der Waals surface area (Å²) in [6, 6.07) is 12.9. The zero-order valence-electron chi connectivity index (χ0n) is 13.0. The number of rotatable bonds is 2. The van der Waals surface area contributed by atoms with Gasteiger partial charge in [-0.1, -0.05) is 45.9 Å². The first-order valence-corrected chi connectivity index (χ1v) is 7.05. The average Bonchev–Trinajstić information content (AvgIpc) is 2.52. The summed E-state index contributed by atoms with van der Waals surface area (Å²) in [6.45, 7) is 9.98. The predicted molar refractivity (Wildman–Crippen MR) is 86.1 cm³/mol. The molecule has 3 nitrogen and oxygen atoms in total. The molecule has 1 aromatic carbocycles. The van der Waals surface area contributed by atoms with Gasteiger partial charge in [0.1, 0.15) is 5.69 Å². The summed E-state index contributed by atoms with van der Waals surface area (Å²) in [5.74, 6) is -0.189. The van der Waals surface area contributed by atoms with E-state index in [1.807, 2.05) is 58.9 Å². The lowest BCUT2D eigenvalue weighted by Gasteiger charge is -2.04. The van der Waals surface area contributed by atoms with Crippen LogP contribution in [-0.4, -0.2) is 10.9 Å². The fourth-order valence-corrected chi connectivity index (χ4v) is 1.42. The second-order valence-electron chi connectivity index (χ2n) is 3.54. The van der Waals surface area contributed by atoms with Gasteiger partial charge in [0.15, 0.2) is 0 Å². The molecule has 0 saturated carbocycles. The molecule has 0 atom stereocenters. The number of anilines is 1. The summed E-state index contributed by atoms with van der Waals surface area (Å²) in [6.07, 6.45) is 1.60. The van der Waals surface area contributed by atoms with Crippen molar-refractivity contribution in [2.75, 3.05) is 5.32 Å². The first-order valence-electron chi connectivity index (χ1n) is 7.05. The van der Waals surface area contributed by atoms with Crippen LogP contribution < -0.4 is 5.32 Å². The molecule has 3 heteroatoms. The van der Waals surface area contributed by atoms with Gasteiger partial charge in [0, 0.05) is 11.9 Å². The van der Waals surface area contributed by atoms with Crippen molar-refractivity contribution in [2.45, 2.75) is 34.6 Å². The van der Waals surface area contributed by atoms with Crippen LogP contribution in [0.3, 0.4) is 0 Å². The Balaban J connectivity index is 0.000000829. The standard InChI is InChI=1S/C13H12N2O.2C2H6/c1-10-5-4-6-11(9-10)15-13(16)12-7-2-3-8-14-12;2*1-2/h2-9H,1H3,(H,15,16);2*1-2H3. The number of carbonyl (C=O) groups excluding carboxylic acids is 1. The van der Waals surface area contributed by atoms with Gasteiger partial charge in [0.05, 0.1) is 0 Å². The molecule has 0 fully saturated rings. The highest BCUT2D eigenvalue weighted by Crippen LogP contribution is 2.10. The van der Waals surface area contributed by atoms with Crippen LogP contribution in [0.4, 0.5) is 5.69 Å². The fourth-order valence-electron chi connectivity index (χ4n) is 1.42. The highest BCUT2D eigenvalue weighted by Gasteiger charge is 2.05. The SMILES string of the molecule is CC.CC.Cc1cccc(NC(=O)c2ccccn2)c1. The minimum Gasteiger partial charge on any atom is -0.321 e. The van der Waals surface area contributed by atoms with Crippen LogP contribution in [0.5, 0.6) is 0 Å². The van der Waals surface area contributed by atoms with Crippen LogP contribution in [0.1, 0.15) is 43.7 Å². The van der Waals surface area contributed by atoms with E-state index in [1.165, 1.54) is 0 Å². The number of aromatic nitrogens is 1. The van der Waals surface area contributed by atoms with Gasteiger partial charge in [-0.15, -0.1) is 0 Å². The summed E-state index contributed by atoms with van der Waals surface area (Å²) in [5.41, 5.74) is 2.32. The number of amides is 1. The van der Waals surface area contributed by atoms with E-state index in [4.69, 9.17) is 0 Å². The Labute approximate surface area is 122 Å². The molecule has 108 valence electrons. The lowest BCUT2D eigenvalue weighted by Crippen LogP contribution is -2.13. The van der Waals surface area contributed by atoms with E-state index < -0.39 is 0 Å². The molecule has 1 aromatic heterocycles. The third-order valence-electron chi connectivity index (χ3n) is 2.17. The van der Waals surface area contributed by atoms with E-state index in [1.54, 1.807) is 24.4 Å².